The van der Waals surface area contributed by atoms with E-state index in [-0.39, 0.29) is 0 Å². The van der Waals surface area contributed by atoms with Gasteiger partial charge >= 0.3 is 0 Å². The smallest absolute Gasteiger partial charge is 0.122 e. The van der Waals surface area contributed by atoms with Crippen LogP contribution in [0.1, 0.15) is 37.9 Å². The van der Waals surface area contributed by atoms with E-state index in [0.717, 1.165) is 12.3 Å². The number of ether oxygens (including phenoxy) is 1. The van der Waals surface area contributed by atoms with Crippen molar-refractivity contribution < 1.29 is 4.74 Å². The monoisotopic (exact) mass is 221 g/mol. The molecule has 1 rings (SSSR count). The molecule has 0 spiro atoms. The van der Waals surface area contributed by atoms with E-state index in [1.807, 2.05) is 0 Å². The topological polar surface area (TPSA) is 21.3 Å². The first-order valence-corrected chi connectivity index (χ1v) is 5.98. The zero-order valence-corrected chi connectivity index (χ0v) is 11.0. The molecule has 0 aliphatic heterocycles. The minimum Gasteiger partial charge on any atom is -0.496 e. The molecule has 0 saturated carbocycles. The van der Waals surface area contributed by atoms with Crippen LogP contribution in [0.2, 0.25) is 0 Å². The fraction of sp³-hybridized carbons (Fsp3) is 0.571. The van der Waals surface area contributed by atoms with E-state index in [1.54, 1.807) is 7.11 Å². The number of aryl methyl sites for hydroxylation is 1. The number of methoxy groups -OCH3 is 1. The van der Waals surface area contributed by atoms with Gasteiger partial charge in [0, 0.05) is 6.04 Å². The molecule has 2 nitrogen and oxygen atoms in total. The highest BCUT2D eigenvalue weighted by atomic mass is 16.5. The average molecular weight is 221 g/mol. The van der Waals surface area contributed by atoms with Crippen molar-refractivity contribution in [2.75, 3.05) is 13.7 Å². The van der Waals surface area contributed by atoms with Crippen molar-refractivity contribution in [2.24, 2.45) is 5.92 Å². The largest absolute Gasteiger partial charge is 0.496 e. The molecule has 1 aromatic carbocycles. The molecule has 2 heteroatoms. The number of nitrogens with one attached hydrogen (secondary N) is 1. The Labute approximate surface area is 99.0 Å². The third-order valence-corrected chi connectivity index (χ3v) is 2.88. The first-order chi connectivity index (χ1) is 7.60. The number of hydrogen-bond donors (Lipinski definition) is 1. The average Bonchev–Trinajstić information content (AvgIpc) is 2.26. The lowest BCUT2D eigenvalue weighted by molar-refractivity contribution is 0.401. The van der Waals surface area contributed by atoms with Gasteiger partial charge in [-0.05, 0) is 36.6 Å². The van der Waals surface area contributed by atoms with Crippen LogP contribution in [0.4, 0.5) is 0 Å². The molecular weight excluding hydrogens is 198 g/mol. The predicted octanol–water partition coefficient (Wildman–Crippen LogP) is 3.31. The van der Waals surface area contributed by atoms with Crippen LogP contribution in [0.15, 0.2) is 18.2 Å². The molecule has 0 heterocycles. The molecule has 0 aliphatic rings. The van der Waals surface area contributed by atoms with Gasteiger partial charge in [-0.2, -0.15) is 0 Å². The van der Waals surface area contributed by atoms with Crippen molar-refractivity contribution in [3.05, 3.63) is 29.3 Å². The van der Waals surface area contributed by atoms with Crippen molar-refractivity contribution in [1.82, 2.24) is 5.32 Å². The second-order valence-electron chi connectivity index (χ2n) is 4.51. The lowest BCUT2D eigenvalue weighted by Gasteiger charge is -2.23. The van der Waals surface area contributed by atoms with Crippen LogP contribution in [-0.4, -0.2) is 13.7 Å². The molecule has 90 valence electrons. The van der Waals surface area contributed by atoms with Crippen molar-refractivity contribution in [3.63, 3.8) is 0 Å². The summed E-state index contributed by atoms with van der Waals surface area (Å²) in [6.45, 7) is 9.67. The summed E-state index contributed by atoms with van der Waals surface area (Å²) in [4.78, 5) is 0. The summed E-state index contributed by atoms with van der Waals surface area (Å²) in [6.07, 6.45) is 0. The van der Waals surface area contributed by atoms with Crippen molar-refractivity contribution in [3.8, 4) is 5.75 Å². The Hall–Kier alpha value is -1.02. The summed E-state index contributed by atoms with van der Waals surface area (Å²) in [5, 5.41) is 3.51. The van der Waals surface area contributed by atoms with Crippen LogP contribution in [-0.2, 0) is 0 Å². The summed E-state index contributed by atoms with van der Waals surface area (Å²) in [6, 6.07) is 6.86. The summed E-state index contributed by atoms with van der Waals surface area (Å²) >= 11 is 0. The SMILES string of the molecule is CCNC(c1ccc(C)c(OC)c1)C(C)C. The Morgan fingerprint density at radius 1 is 1.31 bits per heavy atom. The second kappa shape index (κ2) is 5.90. The summed E-state index contributed by atoms with van der Waals surface area (Å²) in [5.74, 6) is 1.55. The molecule has 0 saturated heterocycles. The van der Waals surface area contributed by atoms with Crippen LogP contribution in [0.3, 0.4) is 0 Å². The third kappa shape index (κ3) is 2.99. The highest BCUT2D eigenvalue weighted by molar-refractivity contribution is 5.38. The molecule has 0 aliphatic carbocycles. The van der Waals surface area contributed by atoms with Crippen molar-refractivity contribution in [2.45, 2.75) is 33.7 Å². The molecule has 0 amide bonds. The molecule has 0 bridgehead atoms. The van der Waals surface area contributed by atoms with Gasteiger partial charge in [-0.1, -0.05) is 32.9 Å². The van der Waals surface area contributed by atoms with Gasteiger partial charge in [-0.3, -0.25) is 0 Å². The van der Waals surface area contributed by atoms with Crippen molar-refractivity contribution >= 4 is 0 Å². The van der Waals surface area contributed by atoms with Crippen LogP contribution < -0.4 is 10.1 Å². The van der Waals surface area contributed by atoms with Crippen molar-refractivity contribution in [1.29, 1.82) is 0 Å². The zero-order chi connectivity index (χ0) is 12.1. The lowest BCUT2D eigenvalue weighted by atomic mass is 9.95. The van der Waals surface area contributed by atoms with Gasteiger partial charge in [0.1, 0.15) is 5.75 Å². The van der Waals surface area contributed by atoms with E-state index >= 15 is 0 Å². The van der Waals surface area contributed by atoms with Gasteiger partial charge in [-0.15, -0.1) is 0 Å². The first kappa shape index (κ1) is 13.0. The summed E-state index contributed by atoms with van der Waals surface area (Å²) in [5.41, 5.74) is 2.49. The quantitative estimate of drug-likeness (QED) is 0.823. The highest BCUT2D eigenvalue weighted by Gasteiger charge is 2.15. The van der Waals surface area contributed by atoms with Gasteiger partial charge in [0.25, 0.3) is 0 Å². The van der Waals surface area contributed by atoms with Gasteiger partial charge in [0.2, 0.25) is 0 Å². The Kier molecular flexibility index (Phi) is 4.81. The Balaban J connectivity index is 3.00. The van der Waals surface area contributed by atoms with E-state index in [2.05, 4.69) is 51.2 Å². The zero-order valence-electron chi connectivity index (χ0n) is 11.0. The minimum absolute atomic E-state index is 0.402. The van der Waals surface area contributed by atoms with E-state index in [0.29, 0.717) is 12.0 Å². The fourth-order valence-electron chi connectivity index (χ4n) is 1.99. The number of hydrogen-bond acceptors (Lipinski definition) is 2. The van der Waals surface area contributed by atoms with Crippen LogP contribution in [0.25, 0.3) is 0 Å². The van der Waals surface area contributed by atoms with E-state index in [4.69, 9.17) is 4.74 Å². The second-order valence-corrected chi connectivity index (χ2v) is 4.51. The van der Waals surface area contributed by atoms with Gasteiger partial charge in [0.05, 0.1) is 7.11 Å². The Bertz CT molecular complexity index is 334. The normalized spacial score (nSPS) is 12.9. The number of rotatable bonds is 5. The maximum Gasteiger partial charge on any atom is 0.122 e. The van der Waals surface area contributed by atoms with E-state index in [9.17, 15) is 0 Å². The molecular formula is C14H23NO. The predicted molar refractivity (Wildman–Crippen MR) is 69.0 cm³/mol. The summed E-state index contributed by atoms with van der Waals surface area (Å²) < 4.78 is 5.37. The minimum atomic E-state index is 0.402. The number of benzene rings is 1. The Morgan fingerprint density at radius 3 is 2.50 bits per heavy atom. The molecule has 0 radical (unpaired) electrons. The maximum atomic E-state index is 5.37. The van der Waals surface area contributed by atoms with Gasteiger partial charge in [-0.25, -0.2) is 0 Å². The maximum absolute atomic E-state index is 5.37. The van der Waals surface area contributed by atoms with E-state index < -0.39 is 0 Å². The molecule has 0 fully saturated rings. The molecule has 1 aromatic rings. The summed E-state index contributed by atoms with van der Waals surface area (Å²) in [7, 11) is 1.73. The van der Waals surface area contributed by atoms with Gasteiger partial charge < -0.3 is 10.1 Å². The molecule has 1 atom stereocenters. The third-order valence-electron chi connectivity index (χ3n) is 2.88. The van der Waals surface area contributed by atoms with E-state index in [1.165, 1.54) is 11.1 Å². The molecule has 0 aromatic heterocycles. The highest BCUT2D eigenvalue weighted by Crippen LogP contribution is 2.27. The standard InChI is InChI=1S/C14H23NO/c1-6-15-14(10(2)3)12-8-7-11(4)13(9-12)16-5/h7-10,14-15H,6H2,1-5H3. The molecule has 16 heavy (non-hydrogen) atoms. The Morgan fingerprint density at radius 2 is 2.00 bits per heavy atom. The van der Waals surface area contributed by atoms with Crippen LogP contribution in [0, 0.1) is 12.8 Å². The molecule has 1 unspecified atom stereocenters. The fourth-order valence-corrected chi connectivity index (χ4v) is 1.99. The molecule has 1 N–H and O–H groups in total. The van der Waals surface area contributed by atoms with Crippen LogP contribution in [0.5, 0.6) is 5.75 Å². The van der Waals surface area contributed by atoms with Gasteiger partial charge in [0.15, 0.2) is 0 Å². The van der Waals surface area contributed by atoms with Crippen LogP contribution >= 0.6 is 0 Å². The first-order valence-electron chi connectivity index (χ1n) is 5.98. The lowest BCUT2D eigenvalue weighted by Crippen LogP contribution is -2.25.